The van der Waals surface area contributed by atoms with E-state index in [0.717, 1.165) is 0 Å². The molecular weight excluding hydrogens is 221 g/mol. The van der Waals surface area contributed by atoms with Crippen LogP contribution in [0.25, 0.3) is 0 Å². The van der Waals surface area contributed by atoms with Gasteiger partial charge >= 0.3 is 6.18 Å². The molecule has 0 aliphatic heterocycles. The normalized spacial score (nSPS) is 13.6. The highest BCUT2D eigenvalue weighted by Gasteiger charge is 2.39. The van der Waals surface area contributed by atoms with Gasteiger partial charge in [0.2, 0.25) is 0 Å². The van der Waals surface area contributed by atoms with Crippen LogP contribution >= 0.6 is 0 Å². The summed E-state index contributed by atoms with van der Waals surface area (Å²) in [6, 6.07) is 5.69. The highest BCUT2D eigenvalue weighted by Crippen LogP contribution is 2.37. The molecule has 0 bridgehead atoms. The third kappa shape index (κ3) is 3.13. The van der Waals surface area contributed by atoms with Gasteiger partial charge in [0.1, 0.15) is 5.75 Å². The molecular formula is C11H13F3O2. The number of benzene rings is 1. The molecule has 0 saturated carbocycles. The molecule has 1 aromatic carbocycles. The molecule has 0 aliphatic rings. The Labute approximate surface area is 91.7 Å². The number of rotatable bonds is 4. The first-order valence-corrected chi connectivity index (χ1v) is 4.80. The van der Waals surface area contributed by atoms with Crippen LogP contribution in [0.4, 0.5) is 13.2 Å². The molecule has 0 spiro atoms. The number of aliphatic hydroxyl groups excluding tert-OH is 1. The molecule has 1 unspecified atom stereocenters. The van der Waals surface area contributed by atoms with Crippen LogP contribution in [-0.2, 0) is 0 Å². The first kappa shape index (κ1) is 12.8. The lowest BCUT2D eigenvalue weighted by Crippen LogP contribution is -2.21. The monoisotopic (exact) mass is 234 g/mol. The Bertz CT molecular complexity index is 319. The maximum absolute atomic E-state index is 12.6. The molecule has 90 valence electrons. The quantitative estimate of drug-likeness (QED) is 0.867. The van der Waals surface area contributed by atoms with E-state index in [9.17, 15) is 13.2 Å². The standard InChI is InChI=1S/C11H13F3O2/c1-16-9-4-2-8(3-5-9)10(6-7-15)11(12,13)14/h2-5,10,15H,6-7H2,1H3. The summed E-state index contributed by atoms with van der Waals surface area (Å²) in [4.78, 5) is 0. The molecule has 1 rings (SSSR count). The van der Waals surface area contributed by atoms with Gasteiger partial charge in [-0.15, -0.1) is 0 Å². The highest BCUT2D eigenvalue weighted by molar-refractivity contribution is 5.30. The van der Waals surface area contributed by atoms with Crippen LogP contribution in [0.15, 0.2) is 24.3 Å². The van der Waals surface area contributed by atoms with E-state index in [1.165, 1.54) is 31.4 Å². The summed E-state index contributed by atoms with van der Waals surface area (Å²) in [5, 5.41) is 8.64. The molecule has 0 saturated heterocycles. The Balaban J connectivity index is 2.93. The van der Waals surface area contributed by atoms with Crippen molar-refractivity contribution >= 4 is 0 Å². The SMILES string of the molecule is COc1ccc(C(CCO)C(F)(F)F)cc1. The van der Waals surface area contributed by atoms with Crippen molar-refractivity contribution in [1.82, 2.24) is 0 Å². The van der Waals surface area contributed by atoms with Crippen LogP contribution in [0.2, 0.25) is 0 Å². The summed E-state index contributed by atoms with van der Waals surface area (Å²) in [6.45, 7) is -0.490. The minimum atomic E-state index is -4.34. The molecule has 0 aliphatic carbocycles. The Morgan fingerprint density at radius 1 is 1.25 bits per heavy atom. The van der Waals surface area contributed by atoms with Gasteiger partial charge in [-0.3, -0.25) is 0 Å². The average Bonchev–Trinajstić information content (AvgIpc) is 2.25. The topological polar surface area (TPSA) is 29.5 Å². The summed E-state index contributed by atoms with van der Waals surface area (Å²) < 4.78 is 42.8. The molecule has 0 amide bonds. The first-order chi connectivity index (χ1) is 7.49. The Morgan fingerprint density at radius 3 is 2.19 bits per heavy atom. The zero-order valence-electron chi connectivity index (χ0n) is 8.79. The van der Waals surface area contributed by atoms with Crippen molar-refractivity contribution in [3.63, 3.8) is 0 Å². The van der Waals surface area contributed by atoms with Crippen molar-refractivity contribution in [2.75, 3.05) is 13.7 Å². The van der Waals surface area contributed by atoms with Gasteiger partial charge in [-0.1, -0.05) is 12.1 Å². The lowest BCUT2D eigenvalue weighted by molar-refractivity contribution is -0.153. The molecule has 2 nitrogen and oxygen atoms in total. The van der Waals surface area contributed by atoms with Crippen molar-refractivity contribution in [2.24, 2.45) is 0 Å². The fourth-order valence-electron chi connectivity index (χ4n) is 1.48. The maximum Gasteiger partial charge on any atom is 0.395 e. The minimum absolute atomic E-state index is 0.141. The van der Waals surface area contributed by atoms with Crippen LogP contribution in [0.5, 0.6) is 5.75 Å². The Kier molecular flexibility index (Phi) is 4.18. The van der Waals surface area contributed by atoms with Crippen molar-refractivity contribution in [2.45, 2.75) is 18.5 Å². The predicted octanol–water partition coefficient (Wildman–Crippen LogP) is 2.72. The van der Waals surface area contributed by atoms with Crippen LogP contribution in [0, 0.1) is 0 Å². The highest BCUT2D eigenvalue weighted by atomic mass is 19.4. The summed E-state index contributed by atoms with van der Waals surface area (Å²) in [7, 11) is 1.45. The number of ether oxygens (including phenoxy) is 1. The number of methoxy groups -OCH3 is 1. The van der Waals surface area contributed by atoms with Crippen molar-refractivity contribution in [1.29, 1.82) is 0 Å². The first-order valence-electron chi connectivity index (χ1n) is 4.80. The maximum atomic E-state index is 12.6. The second kappa shape index (κ2) is 5.21. The third-order valence-electron chi connectivity index (χ3n) is 2.33. The lowest BCUT2D eigenvalue weighted by Gasteiger charge is -2.19. The van der Waals surface area contributed by atoms with E-state index in [4.69, 9.17) is 9.84 Å². The molecule has 0 radical (unpaired) electrons. The fraction of sp³-hybridized carbons (Fsp3) is 0.455. The average molecular weight is 234 g/mol. The van der Waals surface area contributed by atoms with E-state index >= 15 is 0 Å². The van der Waals surface area contributed by atoms with Gasteiger partial charge in [0.05, 0.1) is 13.0 Å². The molecule has 5 heteroatoms. The number of alkyl halides is 3. The van der Waals surface area contributed by atoms with Crippen LogP contribution in [-0.4, -0.2) is 25.0 Å². The molecule has 0 fully saturated rings. The molecule has 0 heterocycles. The molecule has 0 aromatic heterocycles. The molecule has 16 heavy (non-hydrogen) atoms. The van der Waals surface area contributed by atoms with Gasteiger partial charge in [-0.2, -0.15) is 13.2 Å². The Hall–Kier alpha value is -1.23. The summed E-state index contributed by atoms with van der Waals surface area (Å²) in [5.74, 6) is -1.11. The number of hydrogen-bond donors (Lipinski definition) is 1. The fourth-order valence-corrected chi connectivity index (χ4v) is 1.48. The van der Waals surface area contributed by atoms with Crippen LogP contribution < -0.4 is 4.74 Å². The number of aliphatic hydroxyl groups is 1. The summed E-state index contributed by atoms with van der Waals surface area (Å²) in [5.41, 5.74) is 0.141. The van der Waals surface area contributed by atoms with Crippen molar-refractivity contribution < 1.29 is 23.0 Å². The van der Waals surface area contributed by atoms with Gasteiger partial charge in [-0.25, -0.2) is 0 Å². The summed E-state index contributed by atoms with van der Waals surface area (Å²) >= 11 is 0. The largest absolute Gasteiger partial charge is 0.497 e. The van der Waals surface area contributed by atoms with Crippen molar-refractivity contribution in [3.8, 4) is 5.75 Å². The van der Waals surface area contributed by atoms with E-state index in [1.807, 2.05) is 0 Å². The van der Waals surface area contributed by atoms with E-state index in [2.05, 4.69) is 0 Å². The van der Waals surface area contributed by atoms with Crippen LogP contribution in [0.1, 0.15) is 17.9 Å². The van der Waals surface area contributed by atoms with Gasteiger partial charge < -0.3 is 9.84 Å². The second-order valence-electron chi connectivity index (χ2n) is 3.38. The van der Waals surface area contributed by atoms with Gasteiger partial charge in [-0.05, 0) is 24.1 Å². The predicted molar refractivity (Wildman–Crippen MR) is 53.5 cm³/mol. The third-order valence-corrected chi connectivity index (χ3v) is 2.33. The minimum Gasteiger partial charge on any atom is -0.497 e. The van der Waals surface area contributed by atoms with E-state index in [1.54, 1.807) is 0 Å². The van der Waals surface area contributed by atoms with E-state index in [-0.39, 0.29) is 12.0 Å². The van der Waals surface area contributed by atoms with Crippen molar-refractivity contribution in [3.05, 3.63) is 29.8 Å². The second-order valence-corrected chi connectivity index (χ2v) is 3.38. The molecule has 1 N–H and O–H groups in total. The van der Waals surface area contributed by atoms with Crippen LogP contribution in [0.3, 0.4) is 0 Å². The zero-order chi connectivity index (χ0) is 12.2. The van der Waals surface area contributed by atoms with E-state index < -0.39 is 18.7 Å². The molecule has 1 aromatic rings. The summed E-state index contributed by atoms with van der Waals surface area (Å²) in [6.07, 6.45) is -4.66. The molecule has 1 atom stereocenters. The Morgan fingerprint density at radius 2 is 1.81 bits per heavy atom. The van der Waals surface area contributed by atoms with Gasteiger partial charge in [0.15, 0.2) is 0 Å². The number of halogens is 3. The lowest BCUT2D eigenvalue weighted by atomic mass is 9.95. The number of hydrogen-bond acceptors (Lipinski definition) is 2. The van der Waals surface area contributed by atoms with Gasteiger partial charge in [0, 0.05) is 6.61 Å². The van der Waals surface area contributed by atoms with Gasteiger partial charge in [0.25, 0.3) is 0 Å². The zero-order valence-corrected chi connectivity index (χ0v) is 8.79. The smallest absolute Gasteiger partial charge is 0.395 e. The van der Waals surface area contributed by atoms with E-state index in [0.29, 0.717) is 5.75 Å².